The van der Waals surface area contributed by atoms with Crippen molar-refractivity contribution < 1.29 is 22.6 Å². The Labute approximate surface area is 246 Å². The summed E-state index contributed by atoms with van der Waals surface area (Å²) < 4.78 is 59.3. The normalized spacial score (nSPS) is 29.5. The molecule has 0 amide bonds. The van der Waals surface area contributed by atoms with Gasteiger partial charge in [0.1, 0.15) is 47.6 Å². The number of alkyl halides is 1. The summed E-state index contributed by atoms with van der Waals surface area (Å²) in [5.74, 6) is -0.643. The molecule has 2 aromatic heterocycles. The summed E-state index contributed by atoms with van der Waals surface area (Å²) in [4.78, 5) is 18.4. The third kappa shape index (κ3) is 3.86. The Bertz CT molecular complexity index is 1790. The van der Waals surface area contributed by atoms with Crippen molar-refractivity contribution >= 4 is 27.5 Å². The maximum Gasteiger partial charge on any atom is 0.319 e. The molecule has 222 valence electrons. The number of hydrogen-bond donors (Lipinski definition) is 1. The smallest absolute Gasteiger partial charge is 0.319 e. The third-order valence-electron chi connectivity index (χ3n) is 10.3. The second-order valence-electron chi connectivity index (χ2n) is 12.7. The molecule has 11 heteroatoms. The lowest BCUT2D eigenvalue weighted by Gasteiger charge is -2.40. The molecule has 0 spiro atoms. The molecular formula is C32H31F3N6O2. The Morgan fingerprint density at radius 1 is 1.07 bits per heavy atom. The first-order chi connectivity index (χ1) is 21.0. The first-order valence-corrected chi connectivity index (χ1v) is 15.2. The fraction of sp³-hybridized carbons (Fsp3) is 0.469. The maximum absolute atomic E-state index is 16.8. The van der Waals surface area contributed by atoms with Crippen LogP contribution in [0.2, 0.25) is 0 Å². The van der Waals surface area contributed by atoms with E-state index in [1.54, 1.807) is 18.2 Å². The maximum atomic E-state index is 16.8. The molecule has 5 aliphatic rings. The average Bonchev–Trinajstić information content (AvgIpc) is 3.64. The van der Waals surface area contributed by atoms with Gasteiger partial charge < -0.3 is 19.7 Å². The van der Waals surface area contributed by atoms with Gasteiger partial charge in [-0.1, -0.05) is 30.3 Å². The van der Waals surface area contributed by atoms with Crippen molar-refractivity contribution in [3.05, 3.63) is 48.0 Å². The van der Waals surface area contributed by atoms with Crippen molar-refractivity contribution in [3.63, 3.8) is 0 Å². The van der Waals surface area contributed by atoms with Crippen LogP contribution in [0, 0.1) is 11.6 Å². The van der Waals surface area contributed by atoms with Crippen LogP contribution in [-0.2, 0) is 0 Å². The van der Waals surface area contributed by atoms with Crippen LogP contribution in [0.25, 0.3) is 32.9 Å². The second-order valence-corrected chi connectivity index (χ2v) is 12.7. The number of anilines is 1. The van der Waals surface area contributed by atoms with E-state index in [4.69, 9.17) is 14.5 Å². The number of benzene rings is 2. The Hall–Kier alpha value is -3.70. The SMILES string of the molecule is Fc1ccc2ccccc2c1-c1nc2c3c(nc(OC[C@@]45CCCN4C[C@H](F)C5)nc3c1F)N1C[C@H]3CC[C@H](N3)[C@H]1CO2. The van der Waals surface area contributed by atoms with Gasteiger partial charge >= 0.3 is 6.01 Å². The highest BCUT2D eigenvalue weighted by Crippen LogP contribution is 2.45. The average molecular weight is 589 g/mol. The Morgan fingerprint density at radius 2 is 1.98 bits per heavy atom. The van der Waals surface area contributed by atoms with E-state index in [0.29, 0.717) is 42.7 Å². The van der Waals surface area contributed by atoms with E-state index in [1.165, 1.54) is 6.07 Å². The molecule has 9 rings (SSSR count). The third-order valence-corrected chi connectivity index (χ3v) is 10.3. The molecule has 4 aromatic rings. The monoisotopic (exact) mass is 588 g/mol. The summed E-state index contributed by atoms with van der Waals surface area (Å²) in [5, 5.41) is 5.35. The van der Waals surface area contributed by atoms with Gasteiger partial charge in [0.2, 0.25) is 5.88 Å². The second kappa shape index (κ2) is 9.40. The zero-order valence-electron chi connectivity index (χ0n) is 23.5. The van der Waals surface area contributed by atoms with Gasteiger partial charge in [-0.25, -0.2) is 18.2 Å². The highest BCUT2D eigenvalue weighted by atomic mass is 19.1. The molecular weight excluding hydrogens is 557 g/mol. The Balaban J connectivity index is 1.23. The van der Waals surface area contributed by atoms with Gasteiger partial charge in [-0.15, -0.1) is 0 Å². The van der Waals surface area contributed by atoms with E-state index in [2.05, 4.69) is 25.1 Å². The van der Waals surface area contributed by atoms with E-state index in [9.17, 15) is 4.39 Å². The van der Waals surface area contributed by atoms with Crippen molar-refractivity contribution in [2.24, 2.45) is 0 Å². The lowest BCUT2D eigenvalue weighted by molar-refractivity contribution is 0.107. The van der Waals surface area contributed by atoms with Crippen LogP contribution in [0.1, 0.15) is 32.1 Å². The van der Waals surface area contributed by atoms with Crippen LogP contribution in [0.15, 0.2) is 36.4 Å². The standard InChI is InChI=1S/C32H31F3N6O2/c33-18-12-32(10-3-11-40(32)13-18)16-43-31-38-28-25-29(39-31)41-14-19-7-9-22(36-19)23(41)15-42-30(25)37-27(26(28)35)24-20-5-2-1-4-17(20)6-8-21(24)34/h1-2,4-6,8,18-19,22-23,36H,3,7,9-16H2/t18-,19-,22+,23-,32+/m1/s1. The summed E-state index contributed by atoms with van der Waals surface area (Å²) in [6, 6.07) is 10.7. The van der Waals surface area contributed by atoms with E-state index >= 15 is 8.78 Å². The predicted octanol–water partition coefficient (Wildman–Crippen LogP) is 4.78. The number of piperazine rings is 1. The first kappa shape index (κ1) is 25.8. The molecule has 5 atom stereocenters. The number of nitrogens with zero attached hydrogens (tertiary/aromatic N) is 5. The minimum atomic E-state index is -0.899. The van der Waals surface area contributed by atoms with Gasteiger partial charge in [0, 0.05) is 37.2 Å². The predicted molar refractivity (Wildman–Crippen MR) is 155 cm³/mol. The minimum Gasteiger partial charge on any atom is -0.475 e. The number of halogens is 3. The quantitative estimate of drug-likeness (QED) is 0.365. The van der Waals surface area contributed by atoms with Crippen LogP contribution < -0.4 is 19.7 Å². The van der Waals surface area contributed by atoms with Crippen LogP contribution in [0.5, 0.6) is 11.9 Å². The van der Waals surface area contributed by atoms with Gasteiger partial charge in [0.25, 0.3) is 0 Å². The van der Waals surface area contributed by atoms with Gasteiger partial charge in [-0.3, -0.25) is 4.90 Å². The van der Waals surface area contributed by atoms with E-state index < -0.39 is 23.3 Å². The molecule has 7 heterocycles. The summed E-state index contributed by atoms with van der Waals surface area (Å²) in [7, 11) is 0. The zero-order chi connectivity index (χ0) is 28.9. The number of ether oxygens (including phenoxy) is 2. The molecule has 2 aromatic carbocycles. The first-order valence-electron chi connectivity index (χ1n) is 15.2. The molecule has 0 saturated carbocycles. The minimum absolute atomic E-state index is 0.0190. The molecule has 2 bridgehead atoms. The van der Waals surface area contributed by atoms with Crippen molar-refractivity contribution in [2.45, 2.75) is 61.9 Å². The number of rotatable bonds is 4. The lowest BCUT2D eigenvalue weighted by atomic mass is 9.95. The summed E-state index contributed by atoms with van der Waals surface area (Å²) in [6.07, 6.45) is 3.35. The highest BCUT2D eigenvalue weighted by Gasteiger charge is 2.50. The molecule has 43 heavy (non-hydrogen) atoms. The van der Waals surface area contributed by atoms with Crippen molar-refractivity contribution in [3.8, 4) is 23.1 Å². The van der Waals surface area contributed by atoms with Crippen molar-refractivity contribution in [2.75, 3.05) is 37.7 Å². The number of aromatic nitrogens is 3. The fourth-order valence-corrected chi connectivity index (χ4v) is 8.28. The lowest BCUT2D eigenvalue weighted by Crippen LogP contribution is -2.60. The van der Waals surface area contributed by atoms with Crippen LogP contribution in [0.3, 0.4) is 0 Å². The largest absolute Gasteiger partial charge is 0.475 e. The van der Waals surface area contributed by atoms with E-state index in [0.717, 1.165) is 37.6 Å². The molecule has 4 saturated heterocycles. The van der Waals surface area contributed by atoms with Crippen LogP contribution >= 0.6 is 0 Å². The van der Waals surface area contributed by atoms with Gasteiger partial charge in [0.05, 0.1) is 11.6 Å². The summed E-state index contributed by atoms with van der Waals surface area (Å²) >= 11 is 0. The zero-order valence-corrected chi connectivity index (χ0v) is 23.5. The molecule has 0 unspecified atom stereocenters. The van der Waals surface area contributed by atoms with Gasteiger partial charge in [-0.05, 0) is 49.1 Å². The van der Waals surface area contributed by atoms with Crippen LogP contribution in [0.4, 0.5) is 19.0 Å². The summed E-state index contributed by atoms with van der Waals surface area (Å²) in [5.41, 5.74) is -0.536. The number of pyridine rings is 1. The Kier molecular flexibility index (Phi) is 5.63. The van der Waals surface area contributed by atoms with E-state index in [1.807, 2.05) is 12.1 Å². The molecule has 5 aliphatic heterocycles. The molecule has 1 N–H and O–H groups in total. The molecule has 4 fully saturated rings. The van der Waals surface area contributed by atoms with Crippen LogP contribution in [-0.4, -0.2) is 82.5 Å². The topological polar surface area (TPSA) is 75.6 Å². The molecule has 0 aliphatic carbocycles. The summed E-state index contributed by atoms with van der Waals surface area (Å²) in [6.45, 7) is 2.45. The number of hydrogen-bond acceptors (Lipinski definition) is 8. The highest BCUT2D eigenvalue weighted by molar-refractivity contribution is 6.01. The fourth-order valence-electron chi connectivity index (χ4n) is 8.28. The van der Waals surface area contributed by atoms with E-state index in [-0.39, 0.29) is 53.4 Å². The molecule has 0 radical (unpaired) electrons. The number of nitrogens with one attached hydrogen (secondary N) is 1. The molecule has 8 nitrogen and oxygen atoms in total. The van der Waals surface area contributed by atoms with Gasteiger partial charge in [-0.2, -0.15) is 9.97 Å². The van der Waals surface area contributed by atoms with Crippen molar-refractivity contribution in [1.82, 2.24) is 25.2 Å². The van der Waals surface area contributed by atoms with Gasteiger partial charge in [0.15, 0.2) is 5.82 Å². The Morgan fingerprint density at radius 3 is 2.91 bits per heavy atom. The number of fused-ring (bicyclic) bond motifs is 7. The van der Waals surface area contributed by atoms with Crippen molar-refractivity contribution in [1.29, 1.82) is 0 Å².